The fourth-order valence-corrected chi connectivity index (χ4v) is 5.35. The van der Waals surface area contributed by atoms with E-state index in [4.69, 9.17) is 5.11 Å². The van der Waals surface area contributed by atoms with E-state index in [0.29, 0.717) is 22.7 Å². The first-order valence-corrected chi connectivity index (χ1v) is 8.86. The molecule has 0 spiro atoms. The van der Waals surface area contributed by atoms with E-state index in [1.54, 1.807) is 0 Å². The molecule has 0 aromatic heterocycles. The maximum atomic E-state index is 9.51. The van der Waals surface area contributed by atoms with Crippen LogP contribution in [0.25, 0.3) is 0 Å². The molecule has 6 rings (SSSR count). The minimum absolute atomic E-state index is 0.202. The molecule has 6 aliphatic carbocycles. The van der Waals surface area contributed by atoms with Gasteiger partial charge in [-0.2, -0.15) is 0 Å². The van der Waals surface area contributed by atoms with Crippen LogP contribution in [0.3, 0.4) is 0 Å². The molecule has 2 N–H and O–H groups in total. The highest BCUT2D eigenvalue weighted by atomic mass is 16.3. The first-order valence-electron chi connectivity index (χ1n) is 8.86. The summed E-state index contributed by atoms with van der Waals surface area (Å²) in [6, 6.07) is 0. The average molecular weight is 304 g/mol. The fraction of sp³-hybridized carbons (Fsp3) is 0.800. The molecule has 22 heavy (non-hydrogen) atoms. The maximum absolute atomic E-state index is 9.51. The van der Waals surface area contributed by atoms with Gasteiger partial charge in [-0.3, -0.25) is 0 Å². The second-order valence-electron chi connectivity index (χ2n) is 9.11. The monoisotopic (exact) mass is 304 g/mol. The first-order chi connectivity index (χ1) is 10.2. The van der Waals surface area contributed by atoms with Gasteiger partial charge in [-0.15, -0.1) is 0 Å². The van der Waals surface area contributed by atoms with Crippen LogP contribution in [0.5, 0.6) is 0 Å². The molecule has 0 unspecified atom stereocenters. The zero-order chi connectivity index (χ0) is 16.3. The number of aliphatic hydroxyl groups is 2. The summed E-state index contributed by atoms with van der Waals surface area (Å²) in [6.07, 6.45) is 6.76. The van der Waals surface area contributed by atoms with Crippen molar-refractivity contribution in [1.29, 1.82) is 0 Å². The van der Waals surface area contributed by atoms with Crippen LogP contribution in [-0.2, 0) is 0 Å². The lowest BCUT2D eigenvalue weighted by Crippen LogP contribution is -2.53. The Bertz CT molecular complexity index is 498. The lowest BCUT2D eigenvalue weighted by molar-refractivity contribution is -0.0705. The summed E-state index contributed by atoms with van der Waals surface area (Å²) in [6.45, 7) is 13.5. The van der Waals surface area contributed by atoms with E-state index in [1.807, 2.05) is 0 Å². The van der Waals surface area contributed by atoms with Crippen molar-refractivity contribution in [1.82, 2.24) is 0 Å². The summed E-state index contributed by atoms with van der Waals surface area (Å²) < 4.78 is 0. The van der Waals surface area contributed by atoms with Crippen LogP contribution in [0, 0.1) is 34.5 Å². The van der Waals surface area contributed by atoms with E-state index in [2.05, 4.69) is 40.3 Å². The number of rotatable bonds is 1. The van der Waals surface area contributed by atoms with Crippen LogP contribution in [0.1, 0.15) is 53.4 Å². The van der Waals surface area contributed by atoms with Crippen molar-refractivity contribution in [2.24, 2.45) is 34.5 Å². The highest BCUT2D eigenvalue weighted by Crippen LogP contribution is 2.61. The van der Waals surface area contributed by atoms with Crippen molar-refractivity contribution in [2.75, 3.05) is 6.61 Å². The Balaban J connectivity index is 0.000000131. The van der Waals surface area contributed by atoms with Gasteiger partial charge in [0.1, 0.15) is 0 Å². The average Bonchev–Trinajstić information content (AvgIpc) is 2.49. The van der Waals surface area contributed by atoms with Crippen LogP contribution in [-0.4, -0.2) is 22.9 Å². The summed E-state index contributed by atoms with van der Waals surface area (Å²) in [5.41, 5.74) is 3.28. The Hall–Kier alpha value is -0.600. The Morgan fingerprint density at radius 1 is 1.05 bits per heavy atom. The molecule has 4 fully saturated rings. The van der Waals surface area contributed by atoms with Crippen LogP contribution < -0.4 is 0 Å². The van der Waals surface area contributed by atoms with Gasteiger partial charge < -0.3 is 10.2 Å². The van der Waals surface area contributed by atoms with Gasteiger partial charge in [0.15, 0.2) is 0 Å². The third kappa shape index (κ3) is 2.22. The zero-order valence-electron chi connectivity index (χ0n) is 14.6. The number of hydrogen-bond acceptors (Lipinski definition) is 2. The van der Waals surface area contributed by atoms with Crippen molar-refractivity contribution in [3.8, 4) is 0 Å². The van der Waals surface area contributed by atoms with E-state index in [9.17, 15) is 5.11 Å². The van der Waals surface area contributed by atoms with Gasteiger partial charge in [0.2, 0.25) is 0 Å². The predicted molar refractivity (Wildman–Crippen MR) is 90.3 cm³/mol. The van der Waals surface area contributed by atoms with E-state index in [0.717, 1.165) is 23.8 Å². The number of allylic oxidation sites excluding steroid dienone is 1. The third-order valence-electron chi connectivity index (χ3n) is 7.62. The number of hydrogen-bond donors (Lipinski definition) is 2. The van der Waals surface area contributed by atoms with Crippen molar-refractivity contribution < 1.29 is 10.2 Å². The molecule has 2 nitrogen and oxygen atoms in total. The highest BCUT2D eigenvalue weighted by molar-refractivity contribution is 5.23. The SMILES string of the molecule is C=C1[C@H](O)C[C@@H]2C[C@H]1C2(C)C.CC1(C)[C@@H]2CC=C(CO)[C@H]1C2. The summed E-state index contributed by atoms with van der Waals surface area (Å²) >= 11 is 0. The van der Waals surface area contributed by atoms with Crippen LogP contribution in [0.2, 0.25) is 0 Å². The van der Waals surface area contributed by atoms with Gasteiger partial charge in [-0.25, -0.2) is 0 Å². The van der Waals surface area contributed by atoms with Crippen molar-refractivity contribution >= 4 is 0 Å². The first kappa shape index (κ1) is 16.3. The van der Waals surface area contributed by atoms with Gasteiger partial charge >= 0.3 is 0 Å². The quantitative estimate of drug-likeness (QED) is 0.720. The normalized spacial score (nSPS) is 43.1. The van der Waals surface area contributed by atoms with E-state index >= 15 is 0 Å². The molecule has 2 heteroatoms. The fourth-order valence-electron chi connectivity index (χ4n) is 5.35. The second kappa shape index (κ2) is 5.21. The molecule has 0 aromatic carbocycles. The molecule has 124 valence electrons. The Morgan fingerprint density at radius 2 is 1.64 bits per heavy atom. The summed E-state index contributed by atoms with van der Waals surface area (Å²) in [5, 5.41) is 18.6. The molecular formula is C20H32O2. The third-order valence-corrected chi connectivity index (χ3v) is 7.62. The molecule has 0 saturated heterocycles. The maximum Gasteiger partial charge on any atom is 0.0753 e. The molecule has 0 radical (unpaired) electrons. The lowest BCUT2D eigenvalue weighted by Gasteiger charge is -2.59. The second-order valence-corrected chi connectivity index (χ2v) is 9.11. The van der Waals surface area contributed by atoms with E-state index in [-0.39, 0.29) is 12.7 Å². The van der Waals surface area contributed by atoms with Gasteiger partial charge in [-0.05, 0) is 71.3 Å². The Labute approximate surface area is 135 Å². The van der Waals surface area contributed by atoms with E-state index in [1.165, 1.54) is 24.8 Å². The summed E-state index contributed by atoms with van der Waals surface area (Å²) in [7, 11) is 0. The van der Waals surface area contributed by atoms with Crippen molar-refractivity contribution in [2.45, 2.75) is 59.5 Å². The van der Waals surface area contributed by atoms with Gasteiger partial charge in [0.25, 0.3) is 0 Å². The largest absolute Gasteiger partial charge is 0.392 e. The molecule has 0 aromatic rings. The molecule has 4 bridgehead atoms. The molecule has 6 aliphatic rings. The molecular weight excluding hydrogens is 272 g/mol. The topological polar surface area (TPSA) is 40.5 Å². The standard InChI is InChI=1S/2C10H16O/c1-6-8-4-7(5-9(6)11)10(8,2)3;1-10(2)8-4-3-7(6-11)9(10)5-8/h7-9,11H,1,4-5H2,2-3H3;3,8-9,11H,4-6H2,1-2H3/t7-,8+,9+;8-,9-/m01/s1. The molecule has 0 aliphatic heterocycles. The summed E-state index contributed by atoms with van der Waals surface area (Å²) in [4.78, 5) is 0. The van der Waals surface area contributed by atoms with Gasteiger partial charge in [0.05, 0.1) is 12.7 Å². The minimum atomic E-state index is -0.202. The Kier molecular flexibility index (Phi) is 3.85. The van der Waals surface area contributed by atoms with Gasteiger partial charge in [0, 0.05) is 0 Å². The number of aliphatic hydroxyl groups excluding tert-OH is 2. The molecule has 0 heterocycles. The molecule has 5 atom stereocenters. The van der Waals surface area contributed by atoms with Crippen LogP contribution >= 0.6 is 0 Å². The molecule has 4 saturated carbocycles. The zero-order valence-corrected chi connectivity index (χ0v) is 14.6. The minimum Gasteiger partial charge on any atom is -0.392 e. The Morgan fingerprint density at radius 3 is 2.00 bits per heavy atom. The van der Waals surface area contributed by atoms with Crippen LogP contribution in [0.4, 0.5) is 0 Å². The summed E-state index contributed by atoms with van der Waals surface area (Å²) in [5.74, 6) is 2.92. The van der Waals surface area contributed by atoms with Crippen molar-refractivity contribution in [3.05, 3.63) is 23.8 Å². The molecule has 0 amide bonds. The van der Waals surface area contributed by atoms with E-state index < -0.39 is 0 Å². The smallest absolute Gasteiger partial charge is 0.0753 e. The highest BCUT2D eigenvalue weighted by Gasteiger charge is 2.54. The lowest BCUT2D eigenvalue weighted by atomic mass is 9.47. The van der Waals surface area contributed by atoms with Crippen molar-refractivity contribution in [3.63, 3.8) is 0 Å². The predicted octanol–water partition coefficient (Wildman–Crippen LogP) is 3.94. The van der Waals surface area contributed by atoms with Crippen LogP contribution in [0.15, 0.2) is 23.8 Å². The number of fused-ring (bicyclic) bond motifs is 3. The van der Waals surface area contributed by atoms with Gasteiger partial charge in [-0.1, -0.05) is 40.3 Å².